The van der Waals surface area contributed by atoms with Gasteiger partial charge in [0.25, 0.3) is 6.71 Å². The molecule has 0 atom stereocenters. The molecule has 0 amide bonds. The Bertz CT molecular complexity index is 2750. The van der Waals surface area contributed by atoms with E-state index in [0.29, 0.717) is 0 Å². The number of aromatic nitrogens is 1. The number of anilines is 6. The number of fused-ring (bicyclic) bond motifs is 8. The van der Waals surface area contributed by atoms with Crippen molar-refractivity contribution in [2.45, 2.75) is 0 Å². The van der Waals surface area contributed by atoms with E-state index in [4.69, 9.17) is 0 Å². The third-order valence-electron chi connectivity index (χ3n) is 10.7. The maximum atomic E-state index is 2.51. The van der Waals surface area contributed by atoms with Crippen molar-refractivity contribution in [2.24, 2.45) is 0 Å². The van der Waals surface area contributed by atoms with Gasteiger partial charge in [0.15, 0.2) is 0 Å². The van der Waals surface area contributed by atoms with Gasteiger partial charge in [0.2, 0.25) is 0 Å². The van der Waals surface area contributed by atoms with Gasteiger partial charge in [-0.2, -0.15) is 0 Å². The van der Waals surface area contributed by atoms with Gasteiger partial charge < -0.3 is 14.4 Å². The Morgan fingerprint density at radius 1 is 0.340 bits per heavy atom. The molecule has 0 fully saturated rings. The third kappa shape index (κ3) is 3.82. The number of rotatable bonds is 3. The molecule has 11 rings (SSSR count). The van der Waals surface area contributed by atoms with E-state index in [9.17, 15) is 0 Å². The molecule has 232 valence electrons. The SMILES string of the molecule is c1ccc(N2c3ccccc3B3c4ccccc4N(c4ccc5ccccc5c4)c4cc(-n5c6ccccc6c6ccccc65)cc2c43)cc1. The van der Waals surface area contributed by atoms with Crippen molar-refractivity contribution in [3.8, 4) is 5.69 Å². The Balaban J connectivity index is 1.30. The number of hydrogen-bond donors (Lipinski definition) is 0. The molecule has 9 aromatic rings. The zero-order valence-corrected chi connectivity index (χ0v) is 27.2. The summed E-state index contributed by atoms with van der Waals surface area (Å²) in [6, 6.07) is 66.8. The standard InChI is InChI=1S/C46H30BN3/c1-2-16-33(17-3-1)48-42-24-12-8-20-38(42)47-39-21-9-13-25-43(39)49(34-27-26-31-14-4-5-15-32(31)28-34)45-30-35(29-44(48)46(45)47)50-40-22-10-6-18-36(40)37-19-7-11-23-41(37)50/h1-30H. The van der Waals surface area contributed by atoms with Crippen LogP contribution in [0.1, 0.15) is 0 Å². The topological polar surface area (TPSA) is 11.4 Å². The number of para-hydroxylation sites is 5. The van der Waals surface area contributed by atoms with E-state index in [1.54, 1.807) is 0 Å². The molecule has 2 aliphatic heterocycles. The fourth-order valence-electron chi connectivity index (χ4n) is 8.66. The monoisotopic (exact) mass is 635 g/mol. The Hall–Kier alpha value is -6.52. The van der Waals surface area contributed by atoms with Crippen LogP contribution >= 0.6 is 0 Å². The van der Waals surface area contributed by atoms with E-state index in [0.717, 1.165) is 17.1 Å². The molecule has 0 saturated carbocycles. The molecule has 8 aromatic carbocycles. The van der Waals surface area contributed by atoms with Gasteiger partial charge in [-0.15, -0.1) is 0 Å². The second kappa shape index (κ2) is 10.5. The molecule has 4 heteroatoms. The summed E-state index contributed by atoms with van der Waals surface area (Å²) < 4.78 is 2.46. The van der Waals surface area contributed by atoms with E-state index < -0.39 is 0 Å². The normalized spacial score (nSPS) is 13.1. The number of hydrogen-bond acceptors (Lipinski definition) is 2. The van der Waals surface area contributed by atoms with E-state index in [1.165, 1.54) is 71.7 Å². The van der Waals surface area contributed by atoms with Crippen LogP contribution in [0, 0.1) is 0 Å². The summed E-state index contributed by atoms with van der Waals surface area (Å²) in [5.41, 5.74) is 14.6. The van der Waals surface area contributed by atoms with Crippen molar-refractivity contribution in [3.05, 3.63) is 182 Å². The lowest BCUT2D eigenvalue weighted by Crippen LogP contribution is -2.61. The van der Waals surface area contributed by atoms with Gasteiger partial charge in [0.05, 0.1) is 16.7 Å². The highest BCUT2D eigenvalue weighted by atomic mass is 15.2. The molecule has 0 radical (unpaired) electrons. The highest BCUT2D eigenvalue weighted by Crippen LogP contribution is 2.46. The minimum Gasteiger partial charge on any atom is -0.311 e. The highest BCUT2D eigenvalue weighted by Gasteiger charge is 2.43. The fourth-order valence-corrected chi connectivity index (χ4v) is 8.66. The lowest BCUT2D eigenvalue weighted by Gasteiger charge is -2.44. The molecule has 0 aliphatic carbocycles. The number of benzene rings is 8. The Labute approximate surface area is 291 Å². The fraction of sp³-hybridized carbons (Fsp3) is 0. The molecule has 0 N–H and O–H groups in total. The first-order valence-electron chi connectivity index (χ1n) is 17.3. The molecule has 0 saturated heterocycles. The first kappa shape index (κ1) is 27.4. The van der Waals surface area contributed by atoms with Crippen molar-refractivity contribution in [3.63, 3.8) is 0 Å². The van der Waals surface area contributed by atoms with Gasteiger partial charge >= 0.3 is 0 Å². The average molecular weight is 636 g/mol. The molecule has 0 spiro atoms. The Kier molecular flexibility index (Phi) is 5.76. The summed E-state index contributed by atoms with van der Waals surface area (Å²) in [7, 11) is 0. The predicted molar refractivity (Wildman–Crippen MR) is 212 cm³/mol. The summed E-state index contributed by atoms with van der Waals surface area (Å²) in [6.07, 6.45) is 0. The lowest BCUT2D eigenvalue weighted by molar-refractivity contribution is 1.16. The molecule has 2 aliphatic rings. The van der Waals surface area contributed by atoms with Gasteiger partial charge in [0.1, 0.15) is 0 Å². The Morgan fingerprint density at radius 3 is 1.52 bits per heavy atom. The van der Waals surface area contributed by atoms with Gasteiger partial charge in [-0.25, -0.2) is 0 Å². The number of nitrogens with zero attached hydrogens (tertiary/aromatic N) is 3. The van der Waals surface area contributed by atoms with Gasteiger partial charge in [-0.05, 0) is 87.8 Å². The first-order valence-corrected chi connectivity index (χ1v) is 17.3. The van der Waals surface area contributed by atoms with Crippen LogP contribution < -0.4 is 26.2 Å². The van der Waals surface area contributed by atoms with Crippen LogP contribution in [0.4, 0.5) is 34.1 Å². The maximum absolute atomic E-state index is 2.51. The molecule has 3 heterocycles. The third-order valence-corrected chi connectivity index (χ3v) is 10.7. The van der Waals surface area contributed by atoms with Gasteiger partial charge in [-0.3, -0.25) is 0 Å². The molecule has 50 heavy (non-hydrogen) atoms. The minimum atomic E-state index is 0.0799. The van der Waals surface area contributed by atoms with Crippen molar-refractivity contribution >= 4 is 89.8 Å². The van der Waals surface area contributed by atoms with Crippen molar-refractivity contribution in [1.82, 2.24) is 4.57 Å². The summed E-state index contributed by atoms with van der Waals surface area (Å²) in [6.45, 7) is 0.0799. The van der Waals surface area contributed by atoms with Gasteiger partial charge in [-0.1, -0.05) is 121 Å². The second-order valence-corrected chi connectivity index (χ2v) is 13.4. The van der Waals surface area contributed by atoms with Crippen LogP contribution in [0.5, 0.6) is 0 Å². The average Bonchev–Trinajstić information content (AvgIpc) is 3.52. The summed E-state index contributed by atoms with van der Waals surface area (Å²) in [4.78, 5) is 4.99. The maximum Gasteiger partial charge on any atom is 0.252 e. The summed E-state index contributed by atoms with van der Waals surface area (Å²) in [5.74, 6) is 0. The molecule has 1 aromatic heterocycles. The van der Waals surface area contributed by atoms with E-state index in [-0.39, 0.29) is 6.71 Å². The zero-order valence-electron chi connectivity index (χ0n) is 27.2. The van der Waals surface area contributed by atoms with Gasteiger partial charge in [0, 0.05) is 44.9 Å². The van der Waals surface area contributed by atoms with Crippen LogP contribution in [0.2, 0.25) is 0 Å². The van der Waals surface area contributed by atoms with E-state index in [2.05, 4.69) is 196 Å². The molecule has 0 unspecified atom stereocenters. The van der Waals surface area contributed by atoms with E-state index >= 15 is 0 Å². The zero-order chi connectivity index (χ0) is 32.8. The summed E-state index contributed by atoms with van der Waals surface area (Å²) in [5, 5.41) is 4.99. The molecular formula is C46H30BN3. The smallest absolute Gasteiger partial charge is 0.252 e. The van der Waals surface area contributed by atoms with Crippen LogP contribution in [0.3, 0.4) is 0 Å². The molecule has 0 bridgehead atoms. The molecule has 3 nitrogen and oxygen atoms in total. The highest BCUT2D eigenvalue weighted by molar-refractivity contribution is 7.00. The quantitative estimate of drug-likeness (QED) is 0.179. The minimum absolute atomic E-state index is 0.0799. The van der Waals surface area contributed by atoms with Crippen LogP contribution in [0.15, 0.2) is 182 Å². The van der Waals surface area contributed by atoms with Crippen LogP contribution in [-0.4, -0.2) is 11.3 Å². The predicted octanol–water partition coefficient (Wildman–Crippen LogP) is 10.0. The largest absolute Gasteiger partial charge is 0.311 e. The summed E-state index contributed by atoms with van der Waals surface area (Å²) >= 11 is 0. The van der Waals surface area contributed by atoms with Crippen molar-refractivity contribution in [2.75, 3.05) is 9.80 Å². The first-order chi connectivity index (χ1) is 24.8. The van der Waals surface area contributed by atoms with Crippen LogP contribution in [-0.2, 0) is 0 Å². The van der Waals surface area contributed by atoms with E-state index in [1.807, 2.05) is 0 Å². The Morgan fingerprint density at radius 2 is 0.860 bits per heavy atom. The molecular weight excluding hydrogens is 605 g/mol. The van der Waals surface area contributed by atoms with Crippen molar-refractivity contribution < 1.29 is 0 Å². The van der Waals surface area contributed by atoms with Crippen LogP contribution in [0.25, 0.3) is 38.3 Å². The lowest BCUT2D eigenvalue weighted by atomic mass is 9.33. The van der Waals surface area contributed by atoms with Crippen molar-refractivity contribution in [1.29, 1.82) is 0 Å². The second-order valence-electron chi connectivity index (χ2n) is 13.4.